The lowest BCUT2D eigenvalue weighted by Crippen LogP contribution is -2.42. The molecule has 0 amide bonds. The predicted octanol–water partition coefficient (Wildman–Crippen LogP) is 4.38. The largest absolute Gasteiger partial charge is 0.493 e. The Labute approximate surface area is 180 Å². The maximum atomic E-state index is 11.1. The van der Waals surface area contributed by atoms with Crippen LogP contribution in [-0.4, -0.2) is 42.7 Å². The molecular weight excluding hydrogens is 434 g/mol. The number of aliphatic hydroxyl groups is 1. The number of hydrogen-bond acceptors (Lipinski definition) is 5. The maximum Gasteiger partial charge on any atom is 0.308 e. The van der Waals surface area contributed by atoms with Crippen molar-refractivity contribution in [2.24, 2.45) is 0 Å². The van der Waals surface area contributed by atoms with E-state index in [-0.39, 0.29) is 5.97 Å². The molecule has 2 aromatic rings. The number of rotatable bonds is 6. The Bertz CT molecular complexity index is 871. The summed E-state index contributed by atoms with van der Waals surface area (Å²) in [7, 11) is 1.55. The number of piperidine rings is 1. The zero-order valence-electron chi connectivity index (χ0n) is 16.7. The number of halogens is 1. The van der Waals surface area contributed by atoms with E-state index in [1.165, 1.54) is 6.92 Å². The van der Waals surface area contributed by atoms with E-state index in [9.17, 15) is 9.90 Å². The van der Waals surface area contributed by atoms with Crippen LogP contribution in [0.1, 0.15) is 30.9 Å². The Morgan fingerprint density at radius 1 is 1.17 bits per heavy atom. The zero-order valence-corrected chi connectivity index (χ0v) is 18.3. The standard InChI is InChI=1S/C23H26BrNO4/c1-17(26)29-21-10-5-18(16-22(21)28-2)4-3-13-25-14-11-23(27,12-15-25)19-6-8-20(24)9-7-19/h3-10,16,27H,11-15H2,1-2H3/b4-3-. The van der Waals surface area contributed by atoms with Gasteiger partial charge in [-0.05, 0) is 48.2 Å². The molecule has 0 radical (unpaired) electrons. The van der Waals surface area contributed by atoms with Gasteiger partial charge in [0.2, 0.25) is 0 Å². The van der Waals surface area contributed by atoms with Gasteiger partial charge in [-0.15, -0.1) is 0 Å². The van der Waals surface area contributed by atoms with Gasteiger partial charge in [-0.25, -0.2) is 0 Å². The first-order chi connectivity index (χ1) is 13.9. The van der Waals surface area contributed by atoms with Gasteiger partial charge in [0.05, 0.1) is 12.7 Å². The van der Waals surface area contributed by atoms with Crippen LogP contribution < -0.4 is 9.47 Å². The molecule has 3 rings (SSSR count). The molecule has 0 aromatic heterocycles. The fourth-order valence-corrected chi connectivity index (χ4v) is 3.78. The second kappa shape index (κ2) is 9.57. The lowest BCUT2D eigenvalue weighted by Gasteiger charge is -2.38. The van der Waals surface area contributed by atoms with Crippen molar-refractivity contribution in [3.63, 3.8) is 0 Å². The summed E-state index contributed by atoms with van der Waals surface area (Å²) in [6, 6.07) is 13.4. The van der Waals surface area contributed by atoms with E-state index in [4.69, 9.17) is 9.47 Å². The highest BCUT2D eigenvalue weighted by atomic mass is 79.9. The number of esters is 1. The van der Waals surface area contributed by atoms with Crippen molar-refractivity contribution in [2.45, 2.75) is 25.4 Å². The van der Waals surface area contributed by atoms with E-state index in [0.717, 1.165) is 35.2 Å². The normalized spacial score (nSPS) is 16.7. The molecule has 2 aromatic carbocycles. The molecule has 1 aliphatic heterocycles. The van der Waals surface area contributed by atoms with Gasteiger partial charge in [-0.1, -0.05) is 46.3 Å². The van der Waals surface area contributed by atoms with Crippen molar-refractivity contribution in [3.8, 4) is 11.5 Å². The highest BCUT2D eigenvalue weighted by Gasteiger charge is 2.33. The third-order valence-electron chi connectivity index (χ3n) is 5.18. The lowest BCUT2D eigenvalue weighted by atomic mass is 9.84. The van der Waals surface area contributed by atoms with Crippen LogP contribution in [0, 0.1) is 0 Å². The number of methoxy groups -OCH3 is 1. The molecule has 1 saturated heterocycles. The molecule has 0 unspecified atom stereocenters. The Kier molecular flexibility index (Phi) is 7.11. The number of hydrogen-bond donors (Lipinski definition) is 1. The molecule has 0 aliphatic carbocycles. The third kappa shape index (κ3) is 5.69. The fraction of sp³-hybridized carbons (Fsp3) is 0.348. The average Bonchev–Trinajstić information content (AvgIpc) is 2.70. The summed E-state index contributed by atoms with van der Waals surface area (Å²) in [4.78, 5) is 13.5. The molecule has 0 spiro atoms. The molecule has 0 saturated carbocycles. The quantitative estimate of drug-likeness (QED) is 0.512. The Morgan fingerprint density at radius 2 is 1.86 bits per heavy atom. The van der Waals surface area contributed by atoms with Crippen LogP contribution in [-0.2, 0) is 10.4 Å². The van der Waals surface area contributed by atoms with Crippen LogP contribution in [0.2, 0.25) is 0 Å². The number of carbonyl (C=O) groups excluding carboxylic acids is 1. The minimum atomic E-state index is -0.749. The van der Waals surface area contributed by atoms with E-state index in [0.29, 0.717) is 24.3 Å². The van der Waals surface area contributed by atoms with Crippen molar-refractivity contribution in [3.05, 3.63) is 64.1 Å². The Hall–Kier alpha value is -2.15. The maximum absolute atomic E-state index is 11.1. The van der Waals surface area contributed by atoms with Crippen LogP contribution in [0.25, 0.3) is 6.08 Å². The summed E-state index contributed by atoms with van der Waals surface area (Å²) in [5.41, 5.74) is 1.21. The van der Waals surface area contributed by atoms with Gasteiger partial charge < -0.3 is 14.6 Å². The van der Waals surface area contributed by atoms with Crippen LogP contribution in [0.4, 0.5) is 0 Å². The van der Waals surface area contributed by atoms with Crippen molar-refractivity contribution in [2.75, 3.05) is 26.7 Å². The van der Waals surface area contributed by atoms with E-state index >= 15 is 0 Å². The molecule has 5 nitrogen and oxygen atoms in total. The fourth-order valence-electron chi connectivity index (χ4n) is 3.52. The van der Waals surface area contributed by atoms with Gasteiger partial charge in [0, 0.05) is 31.0 Å². The first-order valence-corrected chi connectivity index (χ1v) is 10.4. The van der Waals surface area contributed by atoms with Crippen LogP contribution in [0.5, 0.6) is 11.5 Å². The second-order valence-corrected chi connectivity index (χ2v) is 8.16. The molecule has 1 aliphatic rings. The lowest BCUT2D eigenvalue weighted by molar-refractivity contribution is -0.132. The predicted molar refractivity (Wildman–Crippen MR) is 117 cm³/mol. The van der Waals surface area contributed by atoms with Gasteiger partial charge >= 0.3 is 5.97 Å². The highest BCUT2D eigenvalue weighted by Crippen LogP contribution is 2.33. The van der Waals surface area contributed by atoms with Crippen LogP contribution in [0.3, 0.4) is 0 Å². The highest BCUT2D eigenvalue weighted by molar-refractivity contribution is 9.10. The van der Waals surface area contributed by atoms with Crippen LogP contribution >= 0.6 is 15.9 Å². The molecule has 6 heteroatoms. The average molecular weight is 460 g/mol. The smallest absolute Gasteiger partial charge is 0.308 e. The third-order valence-corrected chi connectivity index (χ3v) is 5.71. The topological polar surface area (TPSA) is 59.0 Å². The summed E-state index contributed by atoms with van der Waals surface area (Å²) in [5.74, 6) is 0.570. The van der Waals surface area contributed by atoms with Crippen molar-refractivity contribution in [1.82, 2.24) is 4.90 Å². The summed E-state index contributed by atoms with van der Waals surface area (Å²) in [6.45, 7) is 3.85. The minimum absolute atomic E-state index is 0.375. The number of carbonyl (C=O) groups is 1. The molecule has 0 bridgehead atoms. The number of likely N-dealkylation sites (tertiary alicyclic amines) is 1. The zero-order chi connectivity index (χ0) is 20.9. The molecule has 154 valence electrons. The van der Waals surface area contributed by atoms with Crippen LogP contribution in [0.15, 0.2) is 53.0 Å². The first kappa shape index (κ1) is 21.6. The molecule has 1 fully saturated rings. The van der Waals surface area contributed by atoms with Gasteiger partial charge in [0.1, 0.15) is 0 Å². The minimum Gasteiger partial charge on any atom is -0.493 e. The molecule has 0 atom stereocenters. The summed E-state index contributed by atoms with van der Waals surface area (Å²) >= 11 is 3.44. The van der Waals surface area contributed by atoms with Gasteiger partial charge in [-0.2, -0.15) is 0 Å². The first-order valence-electron chi connectivity index (χ1n) is 9.63. The van der Waals surface area contributed by atoms with E-state index in [2.05, 4.69) is 26.9 Å². The van der Waals surface area contributed by atoms with Crippen molar-refractivity contribution in [1.29, 1.82) is 0 Å². The van der Waals surface area contributed by atoms with Gasteiger partial charge in [0.15, 0.2) is 11.5 Å². The van der Waals surface area contributed by atoms with E-state index in [1.54, 1.807) is 13.2 Å². The number of nitrogens with zero attached hydrogens (tertiary/aromatic N) is 1. The molecule has 29 heavy (non-hydrogen) atoms. The number of ether oxygens (including phenoxy) is 2. The Balaban J connectivity index is 1.55. The number of benzene rings is 2. The molecule has 1 N–H and O–H groups in total. The molecule has 1 heterocycles. The van der Waals surface area contributed by atoms with Crippen molar-refractivity contribution < 1.29 is 19.4 Å². The summed E-state index contributed by atoms with van der Waals surface area (Å²) in [5, 5.41) is 11.0. The van der Waals surface area contributed by atoms with Gasteiger partial charge in [0.25, 0.3) is 0 Å². The summed E-state index contributed by atoms with van der Waals surface area (Å²) in [6.07, 6.45) is 5.56. The van der Waals surface area contributed by atoms with E-state index < -0.39 is 5.60 Å². The Morgan fingerprint density at radius 3 is 2.48 bits per heavy atom. The molecular formula is C23H26BrNO4. The second-order valence-electron chi connectivity index (χ2n) is 7.25. The SMILES string of the molecule is COc1cc(/C=C\CN2CCC(O)(c3ccc(Br)cc3)CC2)ccc1OC(C)=O. The van der Waals surface area contributed by atoms with Gasteiger partial charge in [-0.3, -0.25) is 9.69 Å². The van der Waals surface area contributed by atoms with E-state index in [1.807, 2.05) is 42.5 Å². The monoisotopic (exact) mass is 459 g/mol. The summed E-state index contributed by atoms with van der Waals surface area (Å²) < 4.78 is 11.5. The van der Waals surface area contributed by atoms with Crippen molar-refractivity contribution >= 4 is 28.0 Å².